The highest BCUT2D eigenvalue weighted by Gasteiger charge is 2.38. The van der Waals surface area contributed by atoms with Crippen LogP contribution in [0.25, 0.3) is 33.3 Å². The summed E-state index contributed by atoms with van der Waals surface area (Å²) in [4.78, 5) is 60.6. The van der Waals surface area contributed by atoms with Gasteiger partial charge in [0, 0.05) is 54.1 Å². The molecule has 3 aliphatic heterocycles. The molecule has 2 aromatic carbocycles. The highest BCUT2D eigenvalue weighted by atomic mass is 19.4. The van der Waals surface area contributed by atoms with E-state index < -0.39 is 59.7 Å². The Hall–Kier alpha value is -5.61. The molecule has 3 aliphatic rings. The number of carbonyl (C=O) groups excluding carboxylic acids is 4. The first-order valence-corrected chi connectivity index (χ1v) is 22.3. The molecule has 0 saturated carbocycles. The fourth-order valence-corrected chi connectivity index (χ4v) is 9.02. The molecule has 0 aliphatic carbocycles. The minimum Gasteiger partial charge on any atom is -0.464 e. The maximum absolute atomic E-state index is 15.9. The normalized spacial score (nSPS) is 20.1. The van der Waals surface area contributed by atoms with Crippen LogP contribution in [-0.2, 0) is 48.0 Å². The third-order valence-corrected chi connectivity index (χ3v) is 12.5. The maximum atomic E-state index is 15.9. The van der Waals surface area contributed by atoms with Gasteiger partial charge in [-0.1, -0.05) is 60.3 Å². The van der Waals surface area contributed by atoms with Crippen LogP contribution >= 0.6 is 0 Å². The second-order valence-electron chi connectivity index (χ2n) is 19.0. The third-order valence-electron chi connectivity index (χ3n) is 12.5. The Bertz CT molecular complexity index is 2460. The molecule has 0 spiro atoms. The fraction of sp³-hybridized carbons (Fsp3) is 0.490. The zero-order chi connectivity index (χ0) is 47.0. The van der Waals surface area contributed by atoms with Gasteiger partial charge in [-0.3, -0.25) is 29.2 Å². The van der Waals surface area contributed by atoms with Crippen LogP contribution < -0.4 is 10.7 Å². The average molecular weight is 903 g/mol. The number of likely N-dealkylation sites (tertiary alicyclic amines) is 1. The van der Waals surface area contributed by atoms with Gasteiger partial charge >= 0.3 is 12.1 Å². The molecule has 6 bridgehead atoms. The Morgan fingerprint density at radius 3 is 2.52 bits per heavy atom. The zero-order valence-corrected chi connectivity index (χ0v) is 37.8. The fourth-order valence-electron chi connectivity index (χ4n) is 9.02. The van der Waals surface area contributed by atoms with Gasteiger partial charge in [0.2, 0.25) is 11.8 Å². The van der Waals surface area contributed by atoms with E-state index in [4.69, 9.17) is 9.47 Å². The van der Waals surface area contributed by atoms with E-state index in [-0.39, 0.29) is 56.4 Å². The minimum atomic E-state index is -4.59. The van der Waals surface area contributed by atoms with Crippen molar-refractivity contribution in [1.82, 2.24) is 30.2 Å². The van der Waals surface area contributed by atoms with Crippen molar-refractivity contribution in [3.05, 3.63) is 90.0 Å². The van der Waals surface area contributed by atoms with Crippen molar-refractivity contribution in [2.24, 2.45) is 17.3 Å². The summed E-state index contributed by atoms with van der Waals surface area (Å²) < 4.78 is 73.0. The van der Waals surface area contributed by atoms with E-state index in [1.54, 1.807) is 47.5 Å². The highest BCUT2D eigenvalue weighted by molar-refractivity contribution is 5.95. The smallest absolute Gasteiger partial charge is 0.406 e. The van der Waals surface area contributed by atoms with Crippen molar-refractivity contribution < 1.29 is 46.2 Å². The van der Waals surface area contributed by atoms with E-state index in [1.807, 2.05) is 41.5 Å². The lowest BCUT2D eigenvalue weighted by Crippen LogP contribution is -2.61. The second kappa shape index (κ2) is 19.1. The third kappa shape index (κ3) is 10.8. The van der Waals surface area contributed by atoms with Gasteiger partial charge in [-0.15, -0.1) is 0 Å². The van der Waals surface area contributed by atoms with E-state index in [0.717, 1.165) is 0 Å². The summed E-state index contributed by atoms with van der Waals surface area (Å²) in [5.41, 5.74) is 5.96. The van der Waals surface area contributed by atoms with E-state index in [9.17, 15) is 32.3 Å². The molecule has 0 unspecified atom stereocenters. The number of nitrogens with one attached hydrogen (secondary N) is 2. The number of esters is 1. The van der Waals surface area contributed by atoms with Crippen molar-refractivity contribution in [2.45, 2.75) is 104 Å². The van der Waals surface area contributed by atoms with Crippen molar-refractivity contribution in [3.8, 4) is 22.4 Å². The first-order chi connectivity index (χ1) is 30.7. The lowest BCUT2D eigenvalue weighted by atomic mass is 9.83. The molecule has 3 amide bonds. The van der Waals surface area contributed by atoms with E-state index >= 15 is 4.39 Å². The summed E-state index contributed by atoms with van der Waals surface area (Å²) in [6.07, 6.45) is -1.16. The number of hydrogen-bond acceptors (Lipinski definition) is 8. The van der Waals surface area contributed by atoms with Crippen LogP contribution in [0.2, 0.25) is 0 Å². The SMILES string of the molecule is C=CC(=O)N1CC(OC[C@H](C(=O)N[C@H]2Cc3cc(F)cc(c3)-c3ccc4c(c3)c(c(-c3cccnc3C(C)C)n4CC(F)(F)F)CC(C)(C)COC(=O)[C@@H]3CCCN(N3)C2=O)C(C)C)C1. The second-order valence-corrected chi connectivity index (χ2v) is 19.0. The van der Waals surface area contributed by atoms with Crippen molar-refractivity contribution in [3.63, 3.8) is 0 Å². The van der Waals surface area contributed by atoms with Crippen LogP contribution in [0.5, 0.6) is 0 Å². The predicted molar refractivity (Wildman–Crippen MR) is 238 cm³/mol. The van der Waals surface area contributed by atoms with E-state index in [1.165, 1.54) is 27.8 Å². The molecule has 2 saturated heterocycles. The molecular formula is C49H58F4N6O6. The number of benzene rings is 2. The van der Waals surface area contributed by atoms with Gasteiger partial charge in [-0.25, -0.2) is 9.82 Å². The summed E-state index contributed by atoms with van der Waals surface area (Å²) in [5, 5.41) is 4.75. The Labute approximate surface area is 376 Å². The minimum absolute atomic E-state index is 0.0258. The summed E-state index contributed by atoms with van der Waals surface area (Å²) in [6, 6.07) is 10.7. The number of hydrazine groups is 1. The molecule has 7 rings (SSSR count). The Morgan fingerprint density at radius 1 is 1.08 bits per heavy atom. The molecular weight excluding hydrogens is 845 g/mol. The van der Waals surface area contributed by atoms with Gasteiger partial charge in [0.25, 0.3) is 5.91 Å². The number of pyridine rings is 1. The number of fused-ring (bicyclic) bond motifs is 6. The van der Waals surface area contributed by atoms with Gasteiger partial charge in [0.1, 0.15) is 24.4 Å². The Kier molecular flexibility index (Phi) is 13.9. The van der Waals surface area contributed by atoms with Crippen molar-refractivity contribution in [2.75, 3.05) is 32.8 Å². The van der Waals surface area contributed by atoms with E-state index in [0.29, 0.717) is 76.0 Å². The highest BCUT2D eigenvalue weighted by Crippen LogP contribution is 2.43. The number of hydrogen-bond donors (Lipinski definition) is 2. The van der Waals surface area contributed by atoms with Crippen molar-refractivity contribution in [1.29, 1.82) is 0 Å². The van der Waals surface area contributed by atoms with Gasteiger partial charge in [-0.05, 0) is 95.8 Å². The summed E-state index contributed by atoms with van der Waals surface area (Å²) >= 11 is 0. The van der Waals surface area contributed by atoms with Gasteiger partial charge in [0.15, 0.2) is 0 Å². The molecule has 16 heteroatoms. The molecule has 0 radical (unpaired) electrons. The largest absolute Gasteiger partial charge is 0.464 e. The molecule has 2 fully saturated rings. The number of nitrogens with zero attached hydrogens (tertiary/aromatic N) is 4. The molecule has 3 atom stereocenters. The molecule has 5 heterocycles. The monoisotopic (exact) mass is 902 g/mol. The number of cyclic esters (lactones) is 1. The summed E-state index contributed by atoms with van der Waals surface area (Å²) in [7, 11) is 0. The van der Waals surface area contributed by atoms with Crippen molar-refractivity contribution >= 4 is 34.6 Å². The number of halogens is 4. The lowest BCUT2D eigenvalue weighted by molar-refractivity contribution is -0.155. The summed E-state index contributed by atoms with van der Waals surface area (Å²) in [6.45, 7) is 14.4. The quantitative estimate of drug-likeness (QED) is 0.0949. The van der Waals surface area contributed by atoms with Gasteiger partial charge in [-0.2, -0.15) is 13.2 Å². The van der Waals surface area contributed by atoms with Gasteiger partial charge < -0.3 is 24.3 Å². The van der Waals surface area contributed by atoms with Crippen LogP contribution in [0.4, 0.5) is 17.6 Å². The van der Waals surface area contributed by atoms with Crippen LogP contribution in [-0.4, -0.2) is 100 Å². The van der Waals surface area contributed by atoms with Crippen LogP contribution in [0.15, 0.2) is 67.4 Å². The van der Waals surface area contributed by atoms with E-state index in [2.05, 4.69) is 22.3 Å². The molecule has 2 N–H and O–H groups in total. The van der Waals surface area contributed by atoms with Crippen LogP contribution in [0.3, 0.4) is 0 Å². The number of rotatable bonds is 10. The number of aromatic nitrogens is 2. The van der Waals surface area contributed by atoms with Gasteiger partial charge in [0.05, 0.1) is 36.6 Å². The molecule has 4 aromatic rings. The van der Waals surface area contributed by atoms with Crippen LogP contribution in [0, 0.1) is 23.1 Å². The Balaban J connectivity index is 1.32. The Morgan fingerprint density at radius 2 is 1.83 bits per heavy atom. The first-order valence-electron chi connectivity index (χ1n) is 22.3. The predicted octanol–water partition coefficient (Wildman–Crippen LogP) is 7.53. The molecule has 12 nitrogen and oxygen atoms in total. The number of alkyl halides is 3. The molecule has 2 aromatic heterocycles. The standard InChI is InChI=1S/C49H58F4N6O6/c1-8-42(60)57-23-34(24-57)64-25-38(28(2)3)45(61)55-40-19-30-17-32(20-33(50)18-30)31-13-14-41-36(21-31)37(22-48(6,7)27-65-47(63)39-12-10-16-59(56-39)46(40)62)44(58(41)26-49(51,52)53)35-11-9-15-54-43(35)29(4)5/h8-9,11,13-15,17-18,20-21,28-29,34,38-40,56H,1,10,12,16,19,22-27H2,2-7H3,(H,55,61)/t38-,39-,40-/m0/s1. The number of amides is 3. The average Bonchev–Trinajstić information content (AvgIpc) is 3.51. The first kappa shape index (κ1) is 47.4. The molecule has 65 heavy (non-hydrogen) atoms. The molecule has 348 valence electrons. The maximum Gasteiger partial charge on any atom is 0.406 e. The zero-order valence-electron chi connectivity index (χ0n) is 37.8. The van der Waals surface area contributed by atoms with Crippen LogP contribution in [0.1, 0.15) is 77.1 Å². The number of carbonyl (C=O) groups is 4. The summed E-state index contributed by atoms with van der Waals surface area (Å²) in [5.74, 6) is -3.47. The number of ether oxygens (including phenoxy) is 2. The lowest BCUT2D eigenvalue weighted by Gasteiger charge is -2.39. The topological polar surface area (TPSA) is 135 Å².